The number of nitrogen functional groups attached to an aromatic ring is 3. The molecule has 0 spiro atoms. The molecule has 0 aliphatic heterocycles. The van der Waals surface area contributed by atoms with Gasteiger partial charge in [0.1, 0.15) is 0 Å². The van der Waals surface area contributed by atoms with Crippen molar-refractivity contribution in [3.63, 3.8) is 0 Å². The topological polar surface area (TPSA) is 78.1 Å². The number of rotatable bonds is 0. The third-order valence-electron chi connectivity index (χ3n) is 6.38. The van der Waals surface area contributed by atoms with Crippen molar-refractivity contribution in [2.75, 3.05) is 17.2 Å². The van der Waals surface area contributed by atoms with Crippen molar-refractivity contribution in [2.45, 2.75) is 24.7 Å². The van der Waals surface area contributed by atoms with Gasteiger partial charge in [0, 0.05) is 27.9 Å². The van der Waals surface area contributed by atoms with Crippen LogP contribution in [-0.2, 0) is 10.8 Å². The third-order valence-corrected chi connectivity index (χ3v) is 6.38. The zero-order chi connectivity index (χ0) is 17.6. The average Bonchev–Trinajstić information content (AvgIpc) is 2.58. The van der Waals surface area contributed by atoms with Gasteiger partial charge >= 0.3 is 0 Å². The van der Waals surface area contributed by atoms with Crippen molar-refractivity contribution in [1.29, 1.82) is 0 Å². The van der Waals surface area contributed by atoms with Crippen molar-refractivity contribution >= 4 is 17.1 Å². The minimum absolute atomic E-state index is 0.301. The Morgan fingerprint density at radius 2 is 1.16 bits per heavy atom. The van der Waals surface area contributed by atoms with Crippen molar-refractivity contribution in [3.05, 3.63) is 88.0 Å². The molecule has 6 rings (SSSR count). The van der Waals surface area contributed by atoms with Gasteiger partial charge in [-0.1, -0.05) is 24.3 Å². The molecule has 0 atom stereocenters. The lowest BCUT2D eigenvalue weighted by atomic mass is 9.48. The fraction of sp³-hybridized carbons (Fsp3) is 0.182. The second-order valence-corrected chi connectivity index (χ2v) is 7.63. The largest absolute Gasteiger partial charge is 0.399 e. The predicted molar refractivity (Wildman–Crippen MR) is 104 cm³/mol. The van der Waals surface area contributed by atoms with Gasteiger partial charge in [-0.25, -0.2) is 0 Å². The van der Waals surface area contributed by atoms with Crippen molar-refractivity contribution in [1.82, 2.24) is 0 Å². The summed E-state index contributed by atoms with van der Waals surface area (Å²) in [4.78, 5) is 0. The van der Waals surface area contributed by atoms with E-state index in [-0.39, 0.29) is 10.8 Å². The average molecular weight is 327 g/mol. The van der Waals surface area contributed by atoms with Crippen LogP contribution in [0.1, 0.15) is 47.2 Å². The molecule has 2 bridgehead atoms. The summed E-state index contributed by atoms with van der Waals surface area (Å²) in [6, 6.07) is 18.8. The van der Waals surface area contributed by atoms with Crippen LogP contribution in [0.3, 0.4) is 0 Å². The Bertz CT molecular complexity index is 1010. The Hall–Kier alpha value is -2.94. The van der Waals surface area contributed by atoms with E-state index in [1.54, 1.807) is 0 Å². The van der Waals surface area contributed by atoms with Crippen LogP contribution in [0.2, 0.25) is 0 Å². The second kappa shape index (κ2) is 4.17. The molecule has 0 saturated carbocycles. The van der Waals surface area contributed by atoms with Gasteiger partial charge in [-0.3, -0.25) is 0 Å². The van der Waals surface area contributed by atoms with Gasteiger partial charge in [-0.05, 0) is 77.6 Å². The number of nitrogens with two attached hydrogens (primary N) is 3. The minimum Gasteiger partial charge on any atom is -0.399 e. The Kier molecular flexibility index (Phi) is 2.41. The fourth-order valence-electron chi connectivity index (χ4n) is 5.22. The van der Waals surface area contributed by atoms with E-state index in [1.807, 2.05) is 24.3 Å². The highest BCUT2D eigenvalue weighted by molar-refractivity contribution is 5.80. The molecule has 3 heteroatoms. The van der Waals surface area contributed by atoms with Crippen LogP contribution in [0.4, 0.5) is 17.1 Å². The molecule has 25 heavy (non-hydrogen) atoms. The maximum atomic E-state index is 6.50. The van der Waals surface area contributed by atoms with Crippen LogP contribution >= 0.6 is 0 Å². The second-order valence-electron chi connectivity index (χ2n) is 7.63. The summed E-state index contributed by atoms with van der Waals surface area (Å²) >= 11 is 0. The van der Waals surface area contributed by atoms with E-state index < -0.39 is 0 Å². The first-order valence-corrected chi connectivity index (χ1v) is 8.59. The van der Waals surface area contributed by atoms with E-state index in [4.69, 9.17) is 17.2 Å². The molecule has 0 unspecified atom stereocenters. The van der Waals surface area contributed by atoms with Gasteiger partial charge in [0.05, 0.1) is 0 Å². The summed E-state index contributed by atoms with van der Waals surface area (Å²) in [5.74, 6) is 0. The highest BCUT2D eigenvalue weighted by atomic mass is 14.7. The van der Waals surface area contributed by atoms with E-state index in [0.717, 1.165) is 17.1 Å². The molecule has 0 fully saturated rings. The molecular weight excluding hydrogens is 306 g/mol. The Balaban J connectivity index is 2.04. The molecule has 0 heterocycles. The maximum Gasteiger partial charge on any atom is 0.0453 e. The first-order chi connectivity index (χ1) is 11.9. The SMILES string of the molecule is CC12c3cc(N)ccc3C(C)(c3ccc(N)cc31)c1c(N)cccc12. The summed E-state index contributed by atoms with van der Waals surface area (Å²) in [7, 11) is 0. The molecule has 3 aromatic carbocycles. The summed E-state index contributed by atoms with van der Waals surface area (Å²) in [6.45, 7) is 4.53. The predicted octanol–water partition coefficient (Wildman–Crippen LogP) is 3.77. The lowest BCUT2D eigenvalue weighted by Crippen LogP contribution is -2.48. The Morgan fingerprint density at radius 1 is 0.600 bits per heavy atom. The highest BCUT2D eigenvalue weighted by Gasteiger charge is 2.55. The molecule has 6 N–H and O–H groups in total. The lowest BCUT2D eigenvalue weighted by Gasteiger charge is -2.54. The summed E-state index contributed by atoms with van der Waals surface area (Å²) in [6.07, 6.45) is 0. The first-order valence-electron chi connectivity index (χ1n) is 8.59. The molecule has 3 aliphatic carbocycles. The van der Waals surface area contributed by atoms with Crippen molar-refractivity contribution < 1.29 is 0 Å². The molecule has 0 radical (unpaired) electrons. The van der Waals surface area contributed by atoms with Gasteiger partial charge in [0.15, 0.2) is 0 Å². The molecule has 0 aromatic heterocycles. The van der Waals surface area contributed by atoms with E-state index in [1.165, 1.54) is 33.4 Å². The quantitative estimate of drug-likeness (QED) is 0.550. The minimum atomic E-state index is -0.308. The normalized spacial score (nSPS) is 25.2. The van der Waals surface area contributed by atoms with Crippen molar-refractivity contribution in [2.24, 2.45) is 0 Å². The maximum absolute atomic E-state index is 6.50. The Morgan fingerprint density at radius 3 is 1.72 bits per heavy atom. The lowest BCUT2D eigenvalue weighted by molar-refractivity contribution is 0.513. The molecule has 0 amide bonds. The molecule has 3 aliphatic rings. The van der Waals surface area contributed by atoms with E-state index in [9.17, 15) is 0 Å². The number of anilines is 3. The summed E-state index contributed by atoms with van der Waals surface area (Å²) in [5.41, 5.74) is 28.2. The van der Waals surface area contributed by atoms with Crippen molar-refractivity contribution in [3.8, 4) is 0 Å². The highest BCUT2D eigenvalue weighted by Crippen LogP contribution is 2.63. The number of hydrogen-bond donors (Lipinski definition) is 3. The van der Waals surface area contributed by atoms with Crippen LogP contribution in [0.15, 0.2) is 54.6 Å². The van der Waals surface area contributed by atoms with Crippen LogP contribution < -0.4 is 17.2 Å². The van der Waals surface area contributed by atoms with Crippen LogP contribution in [-0.4, -0.2) is 0 Å². The standard InChI is InChI=1S/C22H21N3/c1-21-16-4-3-5-19(25)20(16)22(2,14-8-6-12(23)10-17(14)21)15-9-7-13(24)11-18(15)21/h3-11H,23-25H2,1-2H3. The molecule has 0 saturated heterocycles. The molecule has 3 nitrogen and oxygen atoms in total. The zero-order valence-electron chi connectivity index (χ0n) is 14.4. The van der Waals surface area contributed by atoms with E-state index >= 15 is 0 Å². The fourth-order valence-corrected chi connectivity index (χ4v) is 5.22. The first kappa shape index (κ1) is 14.4. The van der Waals surface area contributed by atoms with Gasteiger partial charge < -0.3 is 17.2 Å². The third kappa shape index (κ3) is 1.43. The smallest absolute Gasteiger partial charge is 0.0453 e. The van der Waals surface area contributed by atoms with Gasteiger partial charge in [-0.2, -0.15) is 0 Å². The van der Waals surface area contributed by atoms with Crippen LogP contribution in [0.5, 0.6) is 0 Å². The number of benzene rings is 3. The van der Waals surface area contributed by atoms with Gasteiger partial charge in [0.2, 0.25) is 0 Å². The van der Waals surface area contributed by atoms with Crippen LogP contribution in [0, 0.1) is 0 Å². The Labute approximate surface area is 147 Å². The number of hydrogen-bond acceptors (Lipinski definition) is 3. The zero-order valence-corrected chi connectivity index (χ0v) is 14.4. The van der Waals surface area contributed by atoms with Crippen LogP contribution in [0.25, 0.3) is 0 Å². The van der Waals surface area contributed by atoms with Gasteiger partial charge in [-0.15, -0.1) is 0 Å². The van der Waals surface area contributed by atoms with E-state index in [0.29, 0.717) is 0 Å². The summed E-state index contributed by atoms with van der Waals surface area (Å²) < 4.78 is 0. The van der Waals surface area contributed by atoms with Gasteiger partial charge in [0.25, 0.3) is 0 Å². The molecule has 3 aromatic rings. The monoisotopic (exact) mass is 327 g/mol. The molecule has 124 valence electrons. The molecular formula is C22H21N3. The van der Waals surface area contributed by atoms with E-state index in [2.05, 4.69) is 44.2 Å². The summed E-state index contributed by atoms with van der Waals surface area (Å²) in [5, 5.41) is 0.